The van der Waals surface area contributed by atoms with Crippen LogP contribution in [0, 0.1) is 0 Å². The lowest BCUT2D eigenvalue weighted by Crippen LogP contribution is -2.37. The summed E-state index contributed by atoms with van der Waals surface area (Å²) < 4.78 is 10.8. The van der Waals surface area contributed by atoms with Crippen molar-refractivity contribution in [2.24, 2.45) is 0 Å². The Bertz CT molecular complexity index is 710. The molecular formula is C18H22N2O4S. The van der Waals surface area contributed by atoms with E-state index in [0.29, 0.717) is 39.0 Å². The van der Waals surface area contributed by atoms with Crippen LogP contribution in [0.1, 0.15) is 18.6 Å². The molecule has 2 aromatic rings. The average molecular weight is 362 g/mol. The number of furan rings is 1. The van der Waals surface area contributed by atoms with Gasteiger partial charge in [-0.25, -0.2) is 0 Å². The highest BCUT2D eigenvalue weighted by atomic mass is 32.1. The molecule has 1 fully saturated rings. The van der Waals surface area contributed by atoms with Crippen LogP contribution in [-0.2, 0) is 20.7 Å². The first-order valence-corrected chi connectivity index (χ1v) is 9.22. The number of rotatable bonds is 8. The lowest BCUT2D eigenvalue weighted by Gasteiger charge is -2.16. The van der Waals surface area contributed by atoms with E-state index in [0.717, 1.165) is 16.4 Å². The molecule has 2 aromatic heterocycles. The molecule has 1 atom stereocenters. The molecule has 0 unspecified atom stereocenters. The second kappa shape index (κ2) is 8.31. The van der Waals surface area contributed by atoms with Crippen molar-refractivity contribution in [2.75, 3.05) is 26.8 Å². The quantitative estimate of drug-likeness (QED) is 0.782. The summed E-state index contributed by atoms with van der Waals surface area (Å²) in [6.07, 6.45) is 1.25. The minimum Gasteiger partial charge on any atom is -0.460 e. The first-order chi connectivity index (χ1) is 12.2. The Morgan fingerprint density at radius 2 is 2.32 bits per heavy atom. The van der Waals surface area contributed by atoms with E-state index >= 15 is 0 Å². The van der Waals surface area contributed by atoms with E-state index in [1.54, 1.807) is 23.3 Å². The van der Waals surface area contributed by atoms with E-state index in [9.17, 15) is 9.59 Å². The molecule has 6 nitrogen and oxygen atoms in total. The topological polar surface area (TPSA) is 71.8 Å². The molecule has 1 saturated heterocycles. The normalized spacial score (nSPS) is 17.2. The monoisotopic (exact) mass is 362 g/mol. The van der Waals surface area contributed by atoms with E-state index in [-0.39, 0.29) is 17.9 Å². The van der Waals surface area contributed by atoms with Gasteiger partial charge >= 0.3 is 0 Å². The van der Waals surface area contributed by atoms with E-state index in [2.05, 4.69) is 5.32 Å². The summed E-state index contributed by atoms with van der Waals surface area (Å²) in [5.74, 6) is 1.64. The number of likely N-dealkylation sites (tertiary alicyclic amines) is 1. The largest absolute Gasteiger partial charge is 0.460 e. The van der Waals surface area contributed by atoms with Gasteiger partial charge in [0.05, 0.1) is 17.5 Å². The fourth-order valence-corrected chi connectivity index (χ4v) is 3.57. The second-order valence-corrected chi connectivity index (χ2v) is 6.99. The number of ether oxygens (including phenoxy) is 1. The summed E-state index contributed by atoms with van der Waals surface area (Å²) in [5.41, 5.74) is 0. The van der Waals surface area contributed by atoms with Crippen LogP contribution < -0.4 is 5.32 Å². The number of thiophene rings is 1. The summed E-state index contributed by atoms with van der Waals surface area (Å²) in [7, 11) is 1.61. The van der Waals surface area contributed by atoms with Crippen molar-refractivity contribution in [3.63, 3.8) is 0 Å². The fourth-order valence-electron chi connectivity index (χ4n) is 2.89. The van der Waals surface area contributed by atoms with Crippen LogP contribution in [0.5, 0.6) is 0 Å². The minimum absolute atomic E-state index is 0.0551. The number of methoxy groups -OCH3 is 1. The lowest BCUT2D eigenvalue weighted by molar-refractivity contribution is -0.128. The van der Waals surface area contributed by atoms with Crippen LogP contribution in [0.2, 0.25) is 0 Å². The molecule has 2 amide bonds. The molecule has 0 aromatic carbocycles. The maximum Gasteiger partial charge on any atom is 0.224 e. The van der Waals surface area contributed by atoms with Gasteiger partial charge < -0.3 is 19.4 Å². The number of carbonyl (C=O) groups is 2. The molecule has 3 heterocycles. The van der Waals surface area contributed by atoms with Gasteiger partial charge in [-0.05, 0) is 23.6 Å². The van der Waals surface area contributed by atoms with Crippen molar-refractivity contribution in [1.82, 2.24) is 10.2 Å². The first kappa shape index (κ1) is 17.7. The van der Waals surface area contributed by atoms with Gasteiger partial charge in [0.1, 0.15) is 11.5 Å². The van der Waals surface area contributed by atoms with Gasteiger partial charge in [-0.2, -0.15) is 0 Å². The van der Waals surface area contributed by atoms with Gasteiger partial charge in [0, 0.05) is 39.5 Å². The molecule has 0 bridgehead atoms. The van der Waals surface area contributed by atoms with Crippen molar-refractivity contribution in [3.8, 4) is 10.6 Å². The summed E-state index contributed by atoms with van der Waals surface area (Å²) in [4.78, 5) is 26.8. The molecule has 0 aliphatic carbocycles. The molecule has 25 heavy (non-hydrogen) atoms. The second-order valence-electron chi connectivity index (χ2n) is 6.04. The molecule has 0 radical (unpaired) electrons. The molecule has 1 aliphatic heterocycles. The van der Waals surface area contributed by atoms with Crippen LogP contribution in [-0.4, -0.2) is 49.6 Å². The minimum atomic E-state index is -0.116. The Hall–Kier alpha value is -2.12. The number of aryl methyl sites for hydroxylation is 1. The summed E-state index contributed by atoms with van der Waals surface area (Å²) in [5, 5.41) is 4.94. The third-order valence-electron chi connectivity index (χ3n) is 4.17. The number of hydrogen-bond donors (Lipinski definition) is 1. The van der Waals surface area contributed by atoms with Crippen LogP contribution in [0.3, 0.4) is 0 Å². The van der Waals surface area contributed by atoms with Crippen molar-refractivity contribution in [2.45, 2.75) is 25.3 Å². The van der Waals surface area contributed by atoms with E-state index < -0.39 is 0 Å². The lowest BCUT2D eigenvalue weighted by atomic mass is 10.2. The smallest absolute Gasteiger partial charge is 0.224 e. The zero-order valence-corrected chi connectivity index (χ0v) is 15.0. The third-order valence-corrected chi connectivity index (χ3v) is 5.05. The van der Waals surface area contributed by atoms with Crippen LogP contribution in [0.4, 0.5) is 0 Å². The van der Waals surface area contributed by atoms with Crippen molar-refractivity contribution in [1.29, 1.82) is 0 Å². The maximum absolute atomic E-state index is 12.1. The summed E-state index contributed by atoms with van der Waals surface area (Å²) >= 11 is 1.62. The number of nitrogens with one attached hydrogen (secondary N) is 1. The molecule has 0 saturated carbocycles. The van der Waals surface area contributed by atoms with Crippen molar-refractivity contribution < 1.29 is 18.7 Å². The zero-order valence-electron chi connectivity index (χ0n) is 14.2. The molecule has 0 spiro atoms. The number of hydrogen-bond acceptors (Lipinski definition) is 5. The van der Waals surface area contributed by atoms with Gasteiger partial charge in [0.2, 0.25) is 11.8 Å². The maximum atomic E-state index is 12.1. The number of carbonyl (C=O) groups excluding carboxylic acids is 2. The van der Waals surface area contributed by atoms with E-state index in [1.807, 2.05) is 29.6 Å². The predicted octanol–water partition coefficient (Wildman–Crippen LogP) is 2.30. The van der Waals surface area contributed by atoms with Crippen molar-refractivity contribution in [3.05, 3.63) is 35.4 Å². The van der Waals surface area contributed by atoms with Gasteiger partial charge in [-0.15, -0.1) is 11.3 Å². The number of amides is 2. The number of nitrogens with zero attached hydrogens (tertiary/aromatic N) is 1. The predicted molar refractivity (Wildman–Crippen MR) is 95.3 cm³/mol. The van der Waals surface area contributed by atoms with Crippen molar-refractivity contribution >= 4 is 23.2 Å². The highest BCUT2D eigenvalue weighted by Crippen LogP contribution is 2.26. The molecular weight excluding hydrogens is 340 g/mol. The van der Waals surface area contributed by atoms with Gasteiger partial charge in [0.25, 0.3) is 0 Å². The molecule has 7 heteroatoms. The fraction of sp³-hybridized carbons (Fsp3) is 0.444. The Morgan fingerprint density at radius 3 is 3.08 bits per heavy atom. The molecule has 1 N–H and O–H groups in total. The Kier molecular flexibility index (Phi) is 5.88. The highest BCUT2D eigenvalue weighted by molar-refractivity contribution is 7.13. The Morgan fingerprint density at radius 1 is 1.44 bits per heavy atom. The first-order valence-electron chi connectivity index (χ1n) is 8.34. The summed E-state index contributed by atoms with van der Waals surface area (Å²) in [6, 6.07) is 7.71. The van der Waals surface area contributed by atoms with Gasteiger partial charge in [-0.1, -0.05) is 6.07 Å². The van der Waals surface area contributed by atoms with Gasteiger partial charge in [0.15, 0.2) is 0 Å². The Labute approximate surface area is 150 Å². The third kappa shape index (κ3) is 4.70. The molecule has 3 rings (SSSR count). The SMILES string of the molecule is COCCN1C[C@H](NC(=O)CCc2ccc(-c3cccs3)o2)CC1=O. The summed E-state index contributed by atoms with van der Waals surface area (Å²) in [6.45, 7) is 1.63. The average Bonchev–Trinajstić information content (AvgIpc) is 3.32. The highest BCUT2D eigenvalue weighted by Gasteiger charge is 2.30. The molecule has 134 valence electrons. The van der Waals surface area contributed by atoms with Gasteiger partial charge in [-0.3, -0.25) is 9.59 Å². The molecule has 1 aliphatic rings. The van der Waals surface area contributed by atoms with Crippen LogP contribution in [0.15, 0.2) is 34.1 Å². The van der Waals surface area contributed by atoms with Crippen LogP contribution >= 0.6 is 11.3 Å². The Balaban J connectivity index is 1.43. The van der Waals surface area contributed by atoms with E-state index in [4.69, 9.17) is 9.15 Å². The van der Waals surface area contributed by atoms with E-state index in [1.165, 1.54) is 0 Å². The zero-order chi connectivity index (χ0) is 17.6. The van der Waals surface area contributed by atoms with Crippen LogP contribution in [0.25, 0.3) is 10.6 Å². The standard InChI is InChI=1S/C18H22N2O4S/c1-23-9-8-20-12-13(11-18(20)22)19-17(21)7-5-14-4-6-15(24-14)16-3-2-10-25-16/h2-4,6,10,13H,5,7-9,11-12H2,1H3,(H,19,21)/t13-/m1/s1.